The number of rotatable bonds is 10. The van der Waals surface area contributed by atoms with E-state index in [-0.39, 0.29) is 16.9 Å². The summed E-state index contributed by atoms with van der Waals surface area (Å²) in [7, 11) is -4.16. The van der Waals surface area contributed by atoms with E-state index in [0.717, 1.165) is 46.2 Å². The standard InChI is InChI=1S/C29H31NO4S/c1-2-3-4-5-6-7-8-9-17-29(19-31)30-28(32)24-18-22-14-13-20-11-10-12-21-15-16-23(26(22)25(20)21)27(24)35(29,33)34/h10-16,18-19H,2-9,17H2,1H3,(H,30,32). The number of sulfone groups is 1. The van der Waals surface area contributed by atoms with Crippen molar-refractivity contribution in [2.24, 2.45) is 0 Å². The molecule has 0 radical (unpaired) electrons. The average Bonchev–Trinajstić information content (AvgIpc) is 2.86. The van der Waals surface area contributed by atoms with Gasteiger partial charge in [-0.25, -0.2) is 8.42 Å². The molecule has 4 aromatic carbocycles. The number of nitrogens with one attached hydrogen (secondary N) is 1. The molecular weight excluding hydrogens is 458 g/mol. The highest BCUT2D eigenvalue weighted by Gasteiger charge is 2.51. The van der Waals surface area contributed by atoms with Crippen LogP contribution in [0.2, 0.25) is 0 Å². The lowest BCUT2D eigenvalue weighted by molar-refractivity contribution is -0.110. The summed E-state index contributed by atoms with van der Waals surface area (Å²) < 4.78 is 28.1. The van der Waals surface area contributed by atoms with Crippen molar-refractivity contribution in [3.05, 3.63) is 54.1 Å². The van der Waals surface area contributed by atoms with E-state index in [0.29, 0.717) is 18.1 Å². The van der Waals surface area contributed by atoms with Crippen molar-refractivity contribution in [3.63, 3.8) is 0 Å². The van der Waals surface area contributed by atoms with Crippen LogP contribution < -0.4 is 5.32 Å². The first kappa shape index (κ1) is 23.7. The molecule has 1 unspecified atom stereocenters. The largest absolute Gasteiger partial charge is 0.327 e. The Balaban J connectivity index is 1.53. The lowest BCUT2D eigenvalue weighted by Crippen LogP contribution is -2.59. The number of fused-ring (bicyclic) bond motifs is 2. The van der Waals surface area contributed by atoms with Gasteiger partial charge in [0.1, 0.15) is 0 Å². The van der Waals surface area contributed by atoms with Crippen LogP contribution in [0, 0.1) is 0 Å². The third-order valence-electron chi connectivity index (χ3n) is 7.51. The van der Waals surface area contributed by atoms with E-state index in [4.69, 9.17) is 0 Å². The second-order valence-electron chi connectivity index (χ2n) is 9.80. The smallest absolute Gasteiger partial charge is 0.254 e. The second kappa shape index (κ2) is 9.23. The molecule has 1 N–H and O–H groups in total. The fourth-order valence-corrected chi connectivity index (χ4v) is 7.65. The van der Waals surface area contributed by atoms with Gasteiger partial charge in [0, 0.05) is 5.39 Å². The van der Waals surface area contributed by atoms with Crippen molar-refractivity contribution < 1.29 is 18.0 Å². The topological polar surface area (TPSA) is 80.3 Å². The van der Waals surface area contributed by atoms with Gasteiger partial charge in [-0.2, -0.15) is 0 Å². The van der Waals surface area contributed by atoms with Crippen LogP contribution in [0.25, 0.3) is 32.3 Å². The van der Waals surface area contributed by atoms with E-state index in [2.05, 4.69) is 12.2 Å². The molecule has 0 fully saturated rings. The van der Waals surface area contributed by atoms with Crippen LogP contribution in [0.5, 0.6) is 0 Å². The van der Waals surface area contributed by atoms with Crippen molar-refractivity contribution in [2.45, 2.75) is 74.5 Å². The fraction of sp³-hybridized carbons (Fsp3) is 0.379. The van der Waals surface area contributed by atoms with Gasteiger partial charge in [-0.3, -0.25) is 9.59 Å². The van der Waals surface area contributed by atoms with E-state index >= 15 is 0 Å². The number of carbonyl (C=O) groups excluding carboxylic acids is 2. The Hall–Kier alpha value is -2.99. The van der Waals surface area contributed by atoms with Gasteiger partial charge in [0.25, 0.3) is 5.91 Å². The second-order valence-corrected chi connectivity index (χ2v) is 11.9. The molecule has 5 rings (SSSR count). The summed E-state index contributed by atoms with van der Waals surface area (Å²) in [6, 6.07) is 15.2. The fourth-order valence-electron chi connectivity index (χ4n) is 5.62. The Labute approximate surface area is 206 Å². The lowest BCUT2D eigenvalue weighted by atomic mass is 9.92. The monoisotopic (exact) mass is 489 g/mol. The van der Waals surface area contributed by atoms with Crippen LogP contribution in [-0.2, 0) is 14.6 Å². The Morgan fingerprint density at radius 3 is 2.14 bits per heavy atom. The summed E-state index contributed by atoms with van der Waals surface area (Å²) in [5.74, 6) is -0.507. The van der Waals surface area contributed by atoms with Crippen molar-refractivity contribution in [1.29, 1.82) is 0 Å². The van der Waals surface area contributed by atoms with Gasteiger partial charge in [-0.1, -0.05) is 94.3 Å². The molecular formula is C29H31NO4S. The van der Waals surface area contributed by atoms with Crippen LogP contribution in [0.1, 0.15) is 75.1 Å². The summed E-state index contributed by atoms with van der Waals surface area (Å²) in [6.45, 7) is 2.18. The molecule has 1 heterocycles. The van der Waals surface area contributed by atoms with Crippen LogP contribution in [0.4, 0.5) is 0 Å². The quantitative estimate of drug-likeness (QED) is 0.156. The molecule has 4 aromatic rings. The van der Waals surface area contributed by atoms with E-state index in [1.807, 2.05) is 36.4 Å². The minimum atomic E-state index is -4.16. The number of aldehydes is 1. The van der Waals surface area contributed by atoms with Crippen LogP contribution >= 0.6 is 0 Å². The number of benzene rings is 4. The summed E-state index contributed by atoms with van der Waals surface area (Å²) in [6.07, 6.45) is 8.84. The van der Waals surface area contributed by atoms with Crippen molar-refractivity contribution in [3.8, 4) is 0 Å². The van der Waals surface area contributed by atoms with Crippen LogP contribution in [0.15, 0.2) is 53.4 Å². The minimum absolute atomic E-state index is 0.0151. The van der Waals surface area contributed by atoms with Gasteiger partial charge < -0.3 is 5.32 Å². The summed E-state index contributed by atoms with van der Waals surface area (Å²) in [4.78, 5) is 23.6. The van der Waals surface area contributed by atoms with Crippen LogP contribution in [-0.4, -0.2) is 25.5 Å². The molecule has 182 valence electrons. The first-order valence-electron chi connectivity index (χ1n) is 12.7. The SMILES string of the molecule is CCCCCCCCCCC1(C=O)NC(=O)c2cc3ccc4cccc5ccc(c2S1(=O)=O)c3c45. The van der Waals surface area contributed by atoms with Gasteiger partial charge in [0.15, 0.2) is 6.29 Å². The van der Waals surface area contributed by atoms with Gasteiger partial charge >= 0.3 is 0 Å². The molecule has 0 aromatic heterocycles. The summed E-state index contributed by atoms with van der Waals surface area (Å²) in [5, 5.41) is 7.75. The maximum atomic E-state index is 14.0. The predicted octanol–water partition coefficient (Wildman–Crippen LogP) is 6.53. The molecule has 1 atom stereocenters. The molecule has 0 saturated heterocycles. The number of carbonyl (C=O) groups is 2. The Bertz CT molecular complexity index is 1510. The number of unbranched alkanes of at least 4 members (excludes halogenated alkanes) is 7. The summed E-state index contributed by atoms with van der Waals surface area (Å²) >= 11 is 0. The van der Waals surface area contributed by atoms with E-state index in [1.54, 1.807) is 12.1 Å². The van der Waals surface area contributed by atoms with Gasteiger partial charge in [0.05, 0.1) is 10.5 Å². The third kappa shape index (κ3) is 3.79. The molecule has 0 saturated carbocycles. The molecule has 1 aliphatic heterocycles. The lowest BCUT2D eigenvalue weighted by Gasteiger charge is -2.35. The highest BCUT2D eigenvalue weighted by atomic mass is 32.2. The van der Waals surface area contributed by atoms with Crippen molar-refractivity contribution in [2.75, 3.05) is 0 Å². The first-order valence-corrected chi connectivity index (χ1v) is 14.2. The molecule has 0 bridgehead atoms. The predicted molar refractivity (Wildman–Crippen MR) is 141 cm³/mol. The molecule has 6 heteroatoms. The number of hydrogen-bond acceptors (Lipinski definition) is 4. The van der Waals surface area contributed by atoms with Gasteiger partial charge in [-0.05, 0) is 45.8 Å². The maximum absolute atomic E-state index is 14.0. The third-order valence-corrected chi connectivity index (χ3v) is 9.85. The number of hydrogen-bond donors (Lipinski definition) is 1. The molecule has 1 amide bonds. The minimum Gasteiger partial charge on any atom is -0.327 e. The molecule has 1 aliphatic rings. The molecule has 35 heavy (non-hydrogen) atoms. The van der Waals surface area contributed by atoms with E-state index in [1.165, 1.54) is 25.7 Å². The average molecular weight is 490 g/mol. The highest BCUT2D eigenvalue weighted by molar-refractivity contribution is 7.94. The van der Waals surface area contributed by atoms with Crippen LogP contribution in [0.3, 0.4) is 0 Å². The zero-order valence-corrected chi connectivity index (χ0v) is 20.9. The van der Waals surface area contributed by atoms with Gasteiger partial charge in [0.2, 0.25) is 14.7 Å². The maximum Gasteiger partial charge on any atom is 0.254 e. The van der Waals surface area contributed by atoms with E-state index < -0.39 is 20.6 Å². The Morgan fingerprint density at radius 2 is 1.46 bits per heavy atom. The van der Waals surface area contributed by atoms with Crippen molar-refractivity contribution >= 4 is 54.3 Å². The highest BCUT2D eigenvalue weighted by Crippen LogP contribution is 2.43. The van der Waals surface area contributed by atoms with Crippen molar-refractivity contribution in [1.82, 2.24) is 5.32 Å². The molecule has 0 spiro atoms. The van der Waals surface area contributed by atoms with Gasteiger partial charge in [-0.15, -0.1) is 0 Å². The zero-order valence-electron chi connectivity index (χ0n) is 20.1. The zero-order chi connectivity index (χ0) is 24.6. The molecule has 5 nitrogen and oxygen atoms in total. The normalized spacial score (nSPS) is 19.3. The summed E-state index contributed by atoms with van der Waals surface area (Å²) in [5.41, 5.74) is 0.115. The van der Waals surface area contributed by atoms with E-state index in [9.17, 15) is 18.0 Å². The molecule has 0 aliphatic carbocycles. The Morgan fingerprint density at radius 1 is 0.829 bits per heavy atom. The number of amides is 1. The first-order chi connectivity index (χ1) is 16.9. The Kier molecular flexibility index (Phi) is 6.26.